The van der Waals surface area contributed by atoms with E-state index < -0.39 is 0 Å². The molecule has 0 radical (unpaired) electrons. The van der Waals surface area contributed by atoms with E-state index in [4.69, 9.17) is 0 Å². The van der Waals surface area contributed by atoms with Gasteiger partial charge in [0, 0.05) is 30.3 Å². The maximum atomic E-state index is 4.69. The van der Waals surface area contributed by atoms with Gasteiger partial charge in [-0.25, -0.2) is 9.97 Å². The van der Waals surface area contributed by atoms with E-state index >= 15 is 0 Å². The minimum atomic E-state index is 0.461. The number of piperidine rings is 1. The summed E-state index contributed by atoms with van der Waals surface area (Å²) in [5.41, 5.74) is 1.03. The zero-order valence-corrected chi connectivity index (χ0v) is 22.0. The van der Waals surface area contributed by atoms with E-state index in [9.17, 15) is 0 Å². The molecule has 2 aliphatic rings. The van der Waals surface area contributed by atoms with Crippen molar-refractivity contribution in [3.63, 3.8) is 0 Å². The molecule has 36 heavy (non-hydrogen) atoms. The molecule has 10 heteroatoms. The minimum absolute atomic E-state index is 0.461. The van der Waals surface area contributed by atoms with Crippen LogP contribution in [0, 0.1) is 0 Å². The highest BCUT2D eigenvalue weighted by Crippen LogP contribution is 2.17. The van der Waals surface area contributed by atoms with Gasteiger partial charge in [-0.05, 0) is 77.7 Å². The summed E-state index contributed by atoms with van der Waals surface area (Å²) in [6.07, 6.45) is 13.1. The molecule has 10 nitrogen and oxygen atoms in total. The Morgan fingerprint density at radius 2 is 1.75 bits per heavy atom. The van der Waals surface area contributed by atoms with Crippen LogP contribution >= 0.6 is 0 Å². The van der Waals surface area contributed by atoms with Gasteiger partial charge in [-0.3, -0.25) is 5.10 Å². The average Bonchev–Trinajstić information content (AvgIpc) is 3.38. The smallest absolute Gasteiger partial charge is 0.225 e. The second-order valence-electron chi connectivity index (χ2n) is 10.1. The Morgan fingerprint density at radius 1 is 0.917 bits per heavy atom. The van der Waals surface area contributed by atoms with Gasteiger partial charge in [0.25, 0.3) is 0 Å². The molecule has 0 spiro atoms. The number of anilines is 2. The Labute approximate surface area is 216 Å². The Balaban J connectivity index is 1.11. The number of nitrogens with zero attached hydrogens (tertiary/aromatic N) is 4. The highest BCUT2D eigenvalue weighted by Gasteiger charge is 2.15. The van der Waals surface area contributed by atoms with Crippen LogP contribution in [0.1, 0.15) is 82.1 Å². The first kappa shape index (κ1) is 26.8. The summed E-state index contributed by atoms with van der Waals surface area (Å²) in [5.74, 6) is 3.20. The molecule has 200 valence electrons. The van der Waals surface area contributed by atoms with Crippen LogP contribution in [0.3, 0.4) is 0 Å². The molecule has 2 aromatic rings. The number of rotatable bonds is 15. The van der Waals surface area contributed by atoms with E-state index in [1.165, 1.54) is 38.5 Å². The van der Waals surface area contributed by atoms with Crippen LogP contribution in [0.4, 0.5) is 11.8 Å². The van der Waals surface area contributed by atoms with Crippen molar-refractivity contribution in [2.75, 3.05) is 43.4 Å². The molecule has 0 bridgehead atoms. The fourth-order valence-electron chi connectivity index (χ4n) is 5.02. The zero-order chi connectivity index (χ0) is 24.8. The molecule has 4 rings (SSSR count). The topological polar surface area (TPSA) is 128 Å². The van der Waals surface area contributed by atoms with Gasteiger partial charge in [0.1, 0.15) is 11.6 Å². The fraction of sp³-hybridized carbons (Fsp3) is 0.769. The van der Waals surface area contributed by atoms with Gasteiger partial charge in [0.2, 0.25) is 5.95 Å². The van der Waals surface area contributed by atoms with Crippen molar-refractivity contribution in [1.29, 1.82) is 0 Å². The molecule has 1 aliphatic heterocycles. The summed E-state index contributed by atoms with van der Waals surface area (Å²) < 4.78 is 0. The third kappa shape index (κ3) is 9.29. The molecule has 1 aliphatic carbocycles. The van der Waals surface area contributed by atoms with Gasteiger partial charge in [-0.1, -0.05) is 26.2 Å². The molecule has 0 atom stereocenters. The van der Waals surface area contributed by atoms with Crippen molar-refractivity contribution in [3.05, 3.63) is 23.4 Å². The minimum Gasteiger partial charge on any atom is -0.367 e. The van der Waals surface area contributed by atoms with Gasteiger partial charge in [0.05, 0.1) is 6.54 Å². The van der Waals surface area contributed by atoms with Crippen LogP contribution in [0.15, 0.2) is 6.07 Å². The lowest BCUT2D eigenvalue weighted by molar-refractivity contribution is 0.371. The molecule has 1 saturated carbocycles. The van der Waals surface area contributed by atoms with Crippen LogP contribution in [0.5, 0.6) is 0 Å². The van der Waals surface area contributed by atoms with Gasteiger partial charge in [-0.15, -0.1) is 0 Å². The average molecular weight is 499 g/mol. The number of nitrogens with one attached hydrogen (secondary N) is 6. The van der Waals surface area contributed by atoms with Crippen LogP contribution in [-0.4, -0.2) is 70.0 Å². The molecule has 0 unspecified atom stereocenters. The largest absolute Gasteiger partial charge is 0.367 e. The summed E-state index contributed by atoms with van der Waals surface area (Å²) in [4.78, 5) is 14.0. The monoisotopic (exact) mass is 498 g/mol. The second-order valence-corrected chi connectivity index (χ2v) is 10.1. The molecule has 2 aromatic heterocycles. The SMILES string of the molecule is CCc1cc(NC2CCNCC2)nc(NCc2nc(CCCNCCCNC3CCCCC3)n[nH]2)n1. The van der Waals surface area contributed by atoms with E-state index in [1.807, 2.05) is 0 Å². The van der Waals surface area contributed by atoms with Crippen molar-refractivity contribution in [2.45, 2.75) is 96.2 Å². The van der Waals surface area contributed by atoms with E-state index in [2.05, 4.69) is 64.7 Å². The molecule has 6 N–H and O–H groups in total. The highest BCUT2D eigenvalue weighted by molar-refractivity contribution is 5.43. The third-order valence-corrected chi connectivity index (χ3v) is 7.15. The normalized spacial score (nSPS) is 17.4. The van der Waals surface area contributed by atoms with E-state index in [-0.39, 0.29) is 0 Å². The Hall–Kier alpha value is -2.30. The first-order valence-corrected chi connectivity index (χ1v) is 14.2. The van der Waals surface area contributed by atoms with Crippen LogP contribution in [0.2, 0.25) is 0 Å². The maximum Gasteiger partial charge on any atom is 0.225 e. The first-order valence-electron chi connectivity index (χ1n) is 14.2. The summed E-state index contributed by atoms with van der Waals surface area (Å²) in [6, 6.07) is 3.28. The van der Waals surface area contributed by atoms with E-state index in [0.717, 1.165) is 94.0 Å². The standard InChI is InChI=1S/C26H46N10/c1-2-20-18-24(31-22-11-16-28-17-12-22)34-26(32-20)30-19-25-33-23(35-36-25)10-6-13-27-14-7-15-29-21-8-4-3-5-9-21/h18,21-22,27-29H,2-17,19H2,1H3,(H,33,35,36)(H2,30,31,32,34). The predicted octanol–water partition coefficient (Wildman–Crippen LogP) is 2.77. The number of aromatic nitrogens is 5. The number of hydrogen-bond donors (Lipinski definition) is 6. The lowest BCUT2D eigenvalue weighted by Gasteiger charge is -2.24. The second kappa shape index (κ2) is 15.1. The summed E-state index contributed by atoms with van der Waals surface area (Å²) in [5, 5.41) is 25.0. The number of hydrogen-bond acceptors (Lipinski definition) is 9. The van der Waals surface area contributed by atoms with Crippen molar-refractivity contribution in [2.24, 2.45) is 0 Å². The van der Waals surface area contributed by atoms with Crippen molar-refractivity contribution >= 4 is 11.8 Å². The predicted molar refractivity (Wildman–Crippen MR) is 145 cm³/mol. The molecule has 2 fully saturated rings. The van der Waals surface area contributed by atoms with E-state index in [0.29, 0.717) is 18.5 Å². The molecule has 3 heterocycles. The van der Waals surface area contributed by atoms with Gasteiger partial charge < -0.3 is 26.6 Å². The summed E-state index contributed by atoms with van der Waals surface area (Å²) in [7, 11) is 0. The first-order chi connectivity index (χ1) is 17.8. The number of aromatic amines is 1. The Morgan fingerprint density at radius 3 is 2.58 bits per heavy atom. The fourth-order valence-corrected chi connectivity index (χ4v) is 5.02. The van der Waals surface area contributed by atoms with Crippen LogP contribution in [0.25, 0.3) is 0 Å². The molecule has 0 amide bonds. The van der Waals surface area contributed by atoms with Crippen molar-refractivity contribution < 1.29 is 0 Å². The lowest BCUT2D eigenvalue weighted by Crippen LogP contribution is -2.35. The highest BCUT2D eigenvalue weighted by atomic mass is 15.2. The third-order valence-electron chi connectivity index (χ3n) is 7.15. The van der Waals surface area contributed by atoms with Gasteiger partial charge in [-0.2, -0.15) is 10.1 Å². The summed E-state index contributed by atoms with van der Waals surface area (Å²) >= 11 is 0. The Bertz CT molecular complexity index is 873. The quantitative estimate of drug-likeness (QED) is 0.205. The van der Waals surface area contributed by atoms with E-state index in [1.54, 1.807) is 0 Å². The Kier molecular flexibility index (Phi) is 11.2. The zero-order valence-electron chi connectivity index (χ0n) is 22.0. The van der Waals surface area contributed by atoms with Gasteiger partial charge in [0.15, 0.2) is 5.82 Å². The number of aryl methyl sites for hydroxylation is 2. The molecule has 0 aromatic carbocycles. The van der Waals surface area contributed by atoms with Crippen molar-refractivity contribution in [1.82, 2.24) is 41.1 Å². The summed E-state index contributed by atoms with van der Waals surface area (Å²) in [6.45, 7) is 7.93. The van der Waals surface area contributed by atoms with Crippen LogP contribution < -0.4 is 26.6 Å². The lowest BCUT2D eigenvalue weighted by atomic mass is 9.95. The van der Waals surface area contributed by atoms with Crippen LogP contribution in [-0.2, 0) is 19.4 Å². The molecular formula is C26H46N10. The molecular weight excluding hydrogens is 452 g/mol. The number of H-pyrrole nitrogens is 1. The van der Waals surface area contributed by atoms with Gasteiger partial charge >= 0.3 is 0 Å². The van der Waals surface area contributed by atoms with Crippen molar-refractivity contribution in [3.8, 4) is 0 Å². The molecule has 1 saturated heterocycles. The maximum absolute atomic E-state index is 4.69.